The predicted molar refractivity (Wildman–Crippen MR) is 91.2 cm³/mol. The molecule has 0 N–H and O–H groups in total. The third kappa shape index (κ3) is 2.52. The predicted octanol–water partition coefficient (Wildman–Crippen LogP) is 3.53. The molecule has 1 aliphatic heterocycles. The van der Waals surface area contributed by atoms with Crippen LogP contribution < -0.4 is 9.75 Å². The lowest BCUT2D eigenvalue weighted by atomic mass is 10.1. The SMILES string of the molecule is CC(C)[C@H]1CO[Si@](C)(c2ccccc2)N1c1ccccc1. The van der Waals surface area contributed by atoms with Crippen molar-refractivity contribution in [2.45, 2.75) is 26.4 Å². The van der Waals surface area contributed by atoms with Gasteiger partial charge in [-0.05, 0) is 29.8 Å². The first-order valence-electron chi connectivity index (χ1n) is 7.67. The van der Waals surface area contributed by atoms with Gasteiger partial charge in [-0.2, -0.15) is 0 Å². The minimum atomic E-state index is -2.13. The summed E-state index contributed by atoms with van der Waals surface area (Å²) in [4.78, 5) is 0. The molecule has 0 aliphatic carbocycles. The maximum Gasteiger partial charge on any atom is 0.331 e. The van der Waals surface area contributed by atoms with E-state index >= 15 is 0 Å². The molecule has 1 aliphatic rings. The monoisotopic (exact) mass is 297 g/mol. The third-order valence-corrected chi connectivity index (χ3v) is 8.08. The quantitative estimate of drug-likeness (QED) is 0.804. The zero-order valence-electron chi connectivity index (χ0n) is 13.0. The molecule has 3 rings (SSSR count). The third-order valence-electron chi connectivity index (χ3n) is 4.44. The van der Waals surface area contributed by atoms with Gasteiger partial charge >= 0.3 is 8.48 Å². The van der Waals surface area contributed by atoms with Gasteiger partial charge in [0.25, 0.3) is 0 Å². The van der Waals surface area contributed by atoms with Crippen molar-refractivity contribution in [2.75, 3.05) is 11.2 Å². The van der Waals surface area contributed by atoms with Crippen molar-refractivity contribution in [1.82, 2.24) is 0 Å². The van der Waals surface area contributed by atoms with Gasteiger partial charge in [0, 0.05) is 11.7 Å². The van der Waals surface area contributed by atoms with Crippen LogP contribution in [0.3, 0.4) is 0 Å². The summed E-state index contributed by atoms with van der Waals surface area (Å²) in [5.41, 5.74) is 1.28. The average Bonchev–Trinajstić information content (AvgIpc) is 2.88. The Kier molecular flexibility index (Phi) is 3.87. The molecule has 2 atom stereocenters. The Labute approximate surface area is 128 Å². The van der Waals surface area contributed by atoms with Gasteiger partial charge in [-0.3, -0.25) is 0 Å². The number of nitrogens with zero attached hydrogens (tertiary/aromatic N) is 1. The fourth-order valence-electron chi connectivity index (χ4n) is 3.19. The van der Waals surface area contributed by atoms with E-state index in [2.05, 4.69) is 85.6 Å². The highest BCUT2D eigenvalue weighted by Gasteiger charge is 2.49. The zero-order valence-corrected chi connectivity index (χ0v) is 14.0. The minimum Gasteiger partial charge on any atom is -0.393 e. The second-order valence-electron chi connectivity index (χ2n) is 6.18. The Balaban J connectivity index is 2.08. The van der Waals surface area contributed by atoms with Crippen LogP contribution in [0.1, 0.15) is 13.8 Å². The average molecular weight is 297 g/mol. The molecule has 0 saturated carbocycles. The highest BCUT2D eigenvalue weighted by molar-refractivity contribution is 6.89. The maximum atomic E-state index is 6.43. The molecule has 0 radical (unpaired) electrons. The van der Waals surface area contributed by atoms with Gasteiger partial charge < -0.3 is 8.99 Å². The zero-order chi connectivity index (χ0) is 14.9. The van der Waals surface area contributed by atoms with Crippen LogP contribution in [0.25, 0.3) is 0 Å². The van der Waals surface area contributed by atoms with E-state index in [1.807, 2.05) is 0 Å². The van der Waals surface area contributed by atoms with E-state index in [1.54, 1.807) is 0 Å². The number of anilines is 1. The molecule has 1 fully saturated rings. The highest BCUT2D eigenvalue weighted by atomic mass is 28.4. The van der Waals surface area contributed by atoms with Gasteiger partial charge in [0.15, 0.2) is 0 Å². The summed E-state index contributed by atoms with van der Waals surface area (Å²) < 4.78 is 9.01. The van der Waals surface area contributed by atoms with Crippen molar-refractivity contribution in [3.63, 3.8) is 0 Å². The molecule has 0 spiro atoms. The fraction of sp³-hybridized carbons (Fsp3) is 0.333. The molecule has 2 nitrogen and oxygen atoms in total. The minimum absolute atomic E-state index is 0.448. The molecule has 0 amide bonds. The molecule has 110 valence electrons. The van der Waals surface area contributed by atoms with E-state index in [0.717, 1.165) is 6.61 Å². The number of benzene rings is 2. The van der Waals surface area contributed by atoms with E-state index < -0.39 is 8.48 Å². The van der Waals surface area contributed by atoms with E-state index in [1.165, 1.54) is 10.9 Å². The van der Waals surface area contributed by atoms with Gasteiger partial charge in [-0.25, -0.2) is 0 Å². The molecule has 1 saturated heterocycles. The lowest BCUT2D eigenvalue weighted by Crippen LogP contribution is -2.60. The van der Waals surface area contributed by atoms with Gasteiger partial charge in [0.05, 0.1) is 6.61 Å². The van der Waals surface area contributed by atoms with Crippen molar-refractivity contribution in [3.05, 3.63) is 60.7 Å². The first-order valence-corrected chi connectivity index (χ1v) is 10.0. The topological polar surface area (TPSA) is 12.5 Å². The fourth-order valence-corrected chi connectivity index (χ4v) is 6.73. The summed E-state index contributed by atoms with van der Waals surface area (Å²) in [6, 6.07) is 21.9. The highest BCUT2D eigenvalue weighted by Crippen LogP contribution is 2.33. The second kappa shape index (κ2) is 5.66. The lowest BCUT2D eigenvalue weighted by Gasteiger charge is -2.38. The van der Waals surface area contributed by atoms with E-state index in [-0.39, 0.29) is 0 Å². The molecule has 2 aromatic carbocycles. The van der Waals surface area contributed by atoms with Gasteiger partial charge in [0.2, 0.25) is 0 Å². The second-order valence-corrected chi connectivity index (χ2v) is 9.49. The van der Waals surface area contributed by atoms with Crippen LogP contribution in [0.4, 0.5) is 5.69 Å². The van der Waals surface area contributed by atoms with E-state index in [9.17, 15) is 0 Å². The van der Waals surface area contributed by atoms with Crippen molar-refractivity contribution in [1.29, 1.82) is 0 Å². The summed E-state index contributed by atoms with van der Waals surface area (Å²) in [5, 5.41) is 1.34. The number of hydrogen-bond donors (Lipinski definition) is 0. The summed E-state index contributed by atoms with van der Waals surface area (Å²) in [7, 11) is -2.13. The lowest BCUT2D eigenvalue weighted by molar-refractivity contribution is 0.309. The molecule has 1 heterocycles. The Morgan fingerprint density at radius 1 is 1.00 bits per heavy atom. The number of rotatable bonds is 3. The van der Waals surface area contributed by atoms with Gasteiger partial charge in [-0.1, -0.05) is 62.4 Å². The van der Waals surface area contributed by atoms with Crippen LogP contribution >= 0.6 is 0 Å². The van der Waals surface area contributed by atoms with Gasteiger partial charge in [-0.15, -0.1) is 0 Å². The molecule has 0 aromatic heterocycles. The smallest absolute Gasteiger partial charge is 0.331 e. The summed E-state index contributed by atoms with van der Waals surface area (Å²) in [6.07, 6.45) is 0. The number of para-hydroxylation sites is 1. The van der Waals surface area contributed by atoms with Crippen LogP contribution in [0.2, 0.25) is 6.55 Å². The molecule has 3 heteroatoms. The normalized spacial score (nSPS) is 25.5. The Bertz CT molecular complexity index is 587. The van der Waals surface area contributed by atoms with Crippen LogP contribution in [0.15, 0.2) is 60.7 Å². The van der Waals surface area contributed by atoms with Crippen molar-refractivity contribution in [3.8, 4) is 0 Å². The molecule has 21 heavy (non-hydrogen) atoms. The molecular formula is C18H23NOSi. The van der Waals surface area contributed by atoms with E-state index in [4.69, 9.17) is 4.43 Å². The maximum absolute atomic E-state index is 6.43. The Morgan fingerprint density at radius 2 is 1.57 bits per heavy atom. The summed E-state index contributed by atoms with van der Waals surface area (Å²) in [6.45, 7) is 7.71. The first-order chi connectivity index (χ1) is 10.1. The van der Waals surface area contributed by atoms with Crippen LogP contribution in [-0.4, -0.2) is 21.1 Å². The van der Waals surface area contributed by atoms with E-state index in [0.29, 0.717) is 12.0 Å². The first kappa shape index (κ1) is 14.4. The van der Waals surface area contributed by atoms with Crippen molar-refractivity contribution >= 4 is 19.4 Å². The van der Waals surface area contributed by atoms with Gasteiger partial charge in [0.1, 0.15) is 0 Å². The Morgan fingerprint density at radius 3 is 2.14 bits per heavy atom. The van der Waals surface area contributed by atoms with Crippen LogP contribution in [0, 0.1) is 5.92 Å². The van der Waals surface area contributed by atoms with Crippen LogP contribution in [-0.2, 0) is 4.43 Å². The van der Waals surface area contributed by atoms with Crippen LogP contribution in [0.5, 0.6) is 0 Å². The summed E-state index contributed by atoms with van der Waals surface area (Å²) >= 11 is 0. The Hall–Kier alpha value is -1.58. The van der Waals surface area contributed by atoms with Crippen molar-refractivity contribution in [2.24, 2.45) is 5.92 Å². The largest absolute Gasteiger partial charge is 0.393 e. The standard InChI is InChI=1S/C18H23NOSi/c1-15(2)18-14-20-21(3,17-12-8-5-9-13-17)19(18)16-10-6-4-7-11-16/h4-13,15,18H,14H2,1-3H3/t18-,21-/m1/s1. The molecule has 0 bridgehead atoms. The molecule has 0 unspecified atom stereocenters. The molecular weight excluding hydrogens is 274 g/mol. The van der Waals surface area contributed by atoms with Crippen molar-refractivity contribution < 1.29 is 4.43 Å². The summed E-state index contributed by atoms with van der Waals surface area (Å²) in [5.74, 6) is 0.572. The molecule has 2 aromatic rings. The number of hydrogen-bond acceptors (Lipinski definition) is 2.